The number of rotatable bonds is 5. The highest BCUT2D eigenvalue weighted by Crippen LogP contribution is 2.45. The standard InChI is InChI=1S/C20H22Cl2N6O2/c1-27(2)10-8-28(9-10)20-11-5-15(23)24-7-12(11)25-19(26-20)16-17(21)13(29-3)6-14(30-4)18(16)22/h5-7,10H,8-9H2,1-4H3,(H2,23,24). The average Bonchev–Trinajstić information content (AvgIpc) is 2.67. The fourth-order valence-electron chi connectivity index (χ4n) is 3.42. The molecule has 2 N–H and O–H groups in total. The van der Waals surface area contributed by atoms with Gasteiger partial charge in [0, 0.05) is 30.6 Å². The van der Waals surface area contributed by atoms with Crippen LogP contribution in [0.4, 0.5) is 11.6 Å². The van der Waals surface area contributed by atoms with Crippen LogP contribution in [0.25, 0.3) is 22.3 Å². The fraction of sp³-hybridized carbons (Fsp3) is 0.350. The van der Waals surface area contributed by atoms with Crippen molar-refractivity contribution in [3.63, 3.8) is 0 Å². The summed E-state index contributed by atoms with van der Waals surface area (Å²) in [6.45, 7) is 1.67. The summed E-state index contributed by atoms with van der Waals surface area (Å²) < 4.78 is 10.8. The normalized spacial score (nSPS) is 14.3. The minimum Gasteiger partial charge on any atom is -0.495 e. The second-order valence-corrected chi connectivity index (χ2v) is 8.06. The van der Waals surface area contributed by atoms with Gasteiger partial charge in [-0.05, 0) is 20.2 Å². The van der Waals surface area contributed by atoms with E-state index in [4.69, 9.17) is 43.4 Å². The third-order valence-corrected chi connectivity index (χ3v) is 6.02. The first kappa shape index (κ1) is 20.7. The van der Waals surface area contributed by atoms with Crippen LogP contribution in [0, 0.1) is 0 Å². The van der Waals surface area contributed by atoms with Crippen molar-refractivity contribution in [2.45, 2.75) is 6.04 Å². The van der Waals surface area contributed by atoms with Gasteiger partial charge in [0.05, 0.1) is 41.5 Å². The number of fused-ring (bicyclic) bond motifs is 1. The van der Waals surface area contributed by atoms with Gasteiger partial charge in [-0.25, -0.2) is 15.0 Å². The van der Waals surface area contributed by atoms with Crippen LogP contribution < -0.4 is 20.1 Å². The van der Waals surface area contributed by atoms with E-state index < -0.39 is 0 Å². The molecule has 4 rings (SSSR count). The number of ether oxygens (including phenoxy) is 2. The molecule has 0 saturated carbocycles. The summed E-state index contributed by atoms with van der Waals surface area (Å²) in [6, 6.07) is 3.87. The van der Waals surface area contributed by atoms with Crippen molar-refractivity contribution in [2.75, 3.05) is 52.0 Å². The Balaban J connectivity index is 1.93. The molecule has 3 aromatic rings. The topological polar surface area (TPSA) is 89.6 Å². The first-order valence-electron chi connectivity index (χ1n) is 9.29. The van der Waals surface area contributed by atoms with Crippen molar-refractivity contribution < 1.29 is 9.47 Å². The van der Waals surface area contributed by atoms with E-state index >= 15 is 0 Å². The van der Waals surface area contributed by atoms with Gasteiger partial charge in [-0.3, -0.25) is 0 Å². The fourth-order valence-corrected chi connectivity index (χ4v) is 4.09. The molecule has 1 aliphatic heterocycles. The Morgan fingerprint density at radius 3 is 2.27 bits per heavy atom. The lowest BCUT2D eigenvalue weighted by Crippen LogP contribution is -2.57. The van der Waals surface area contributed by atoms with E-state index in [2.05, 4.69) is 33.9 Å². The summed E-state index contributed by atoms with van der Waals surface area (Å²) in [5.41, 5.74) is 7.02. The summed E-state index contributed by atoms with van der Waals surface area (Å²) in [5, 5.41) is 1.45. The van der Waals surface area contributed by atoms with Gasteiger partial charge in [0.2, 0.25) is 0 Å². The molecule has 1 saturated heterocycles. The zero-order valence-corrected chi connectivity index (χ0v) is 18.6. The molecular weight excluding hydrogens is 427 g/mol. The molecule has 0 aliphatic carbocycles. The maximum atomic E-state index is 6.60. The van der Waals surface area contributed by atoms with Gasteiger partial charge < -0.3 is 25.0 Å². The van der Waals surface area contributed by atoms with E-state index in [-0.39, 0.29) is 0 Å². The monoisotopic (exact) mass is 448 g/mol. The van der Waals surface area contributed by atoms with Crippen molar-refractivity contribution in [2.24, 2.45) is 0 Å². The minimum absolute atomic E-state index is 0.312. The van der Waals surface area contributed by atoms with E-state index in [1.165, 1.54) is 14.2 Å². The zero-order valence-electron chi connectivity index (χ0n) is 17.1. The highest BCUT2D eigenvalue weighted by molar-refractivity contribution is 6.41. The van der Waals surface area contributed by atoms with Gasteiger partial charge >= 0.3 is 0 Å². The van der Waals surface area contributed by atoms with Gasteiger partial charge in [-0.2, -0.15) is 0 Å². The molecule has 8 nitrogen and oxygen atoms in total. The van der Waals surface area contributed by atoms with E-state index in [0.29, 0.717) is 50.3 Å². The molecule has 1 fully saturated rings. The molecule has 2 aromatic heterocycles. The Bertz CT molecular complexity index is 1090. The number of nitrogen functional groups attached to an aromatic ring is 1. The van der Waals surface area contributed by atoms with Crippen molar-refractivity contribution in [1.82, 2.24) is 19.9 Å². The molecule has 0 spiro atoms. The molecule has 1 aliphatic rings. The van der Waals surface area contributed by atoms with Crippen LogP contribution in [0.5, 0.6) is 11.5 Å². The van der Waals surface area contributed by atoms with Gasteiger partial charge in [0.25, 0.3) is 0 Å². The van der Waals surface area contributed by atoms with Crippen LogP contribution in [0.2, 0.25) is 10.0 Å². The van der Waals surface area contributed by atoms with Crippen molar-refractivity contribution in [1.29, 1.82) is 0 Å². The highest BCUT2D eigenvalue weighted by Gasteiger charge is 2.32. The number of nitrogens with two attached hydrogens (primary N) is 1. The van der Waals surface area contributed by atoms with Crippen molar-refractivity contribution in [3.8, 4) is 22.9 Å². The number of pyridine rings is 1. The lowest BCUT2D eigenvalue weighted by Gasteiger charge is -2.43. The predicted molar refractivity (Wildman–Crippen MR) is 120 cm³/mol. The Morgan fingerprint density at radius 2 is 1.70 bits per heavy atom. The Hall–Kier alpha value is -2.55. The maximum absolute atomic E-state index is 6.60. The van der Waals surface area contributed by atoms with Gasteiger partial charge in [-0.1, -0.05) is 23.2 Å². The molecule has 0 bridgehead atoms. The highest BCUT2D eigenvalue weighted by atomic mass is 35.5. The van der Waals surface area contributed by atoms with Gasteiger partial charge in [-0.15, -0.1) is 0 Å². The number of likely N-dealkylation sites (N-methyl/N-ethyl adjacent to an activating group) is 1. The average molecular weight is 449 g/mol. The predicted octanol–water partition coefficient (Wildman–Crippen LogP) is 3.35. The lowest BCUT2D eigenvalue weighted by molar-refractivity contribution is 0.246. The zero-order chi connectivity index (χ0) is 21.6. The first-order valence-corrected chi connectivity index (χ1v) is 10.0. The van der Waals surface area contributed by atoms with Gasteiger partial charge in [0.1, 0.15) is 23.1 Å². The summed E-state index contributed by atoms with van der Waals surface area (Å²) in [4.78, 5) is 18.1. The van der Waals surface area contributed by atoms with E-state index in [1.54, 1.807) is 18.3 Å². The Morgan fingerprint density at radius 1 is 1.07 bits per heavy atom. The lowest BCUT2D eigenvalue weighted by atomic mass is 10.1. The van der Waals surface area contributed by atoms with E-state index in [0.717, 1.165) is 24.3 Å². The van der Waals surface area contributed by atoms with Crippen LogP contribution in [0.3, 0.4) is 0 Å². The minimum atomic E-state index is 0.312. The smallest absolute Gasteiger partial charge is 0.165 e. The quantitative estimate of drug-likeness (QED) is 0.635. The molecular formula is C20H22Cl2N6O2. The van der Waals surface area contributed by atoms with Crippen molar-refractivity contribution in [3.05, 3.63) is 28.4 Å². The number of aromatic nitrogens is 3. The molecule has 0 radical (unpaired) electrons. The van der Waals surface area contributed by atoms with Crippen LogP contribution in [0.15, 0.2) is 18.3 Å². The van der Waals surface area contributed by atoms with Crippen LogP contribution in [-0.4, -0.2) is 67.3 Å². The molecule has 30 heavy (non-hydrogen) atoms. The second kappa shape index (κ2) is 7.94. The number of benzene rings is 1. The summed E-state index contributed by atoms with van der Waals surface area (Å²) in [5.74, 6) is 2.38. The number of hydrogen-bond donors (Lipinski definition) is 1. The largest absolute Gasteiger partial charge is 0.495 e. The number of nitrogens with zero attached hydrogens (tertiary/aromatic N) is 5. The summed E-state index contributed by atoms with van der Waals surface area (Å²) >= 11 is 13.2. The number of hydrogen-bond acceptors (Lipinski definition) is 8. The van der Waals surface area contributed by atoms with E-state index in [1.807, 2.05) is 0 Å². The van der Waals surface area contributed by atoms with Crippen molar-refractivity contribution >= 4 is 45.7 Å². The van der Waals surface area contributed by atoms with Gasteiger partial charge in [0.15, 0.2) is 5.82 Å². The third kappa shape index (κ3) is 3.45. The number of halogens is 2. The summed E-state index contributed by atoms with van der Waals surface area (Å²) in [7, 11) is 7.18. The molecule has 0 unspecified atom stereocenters. The number of methoxy groups -OCH3 is 2. The molecule has 3 heterocycles. The SMILES string of the molecule is COc1cc(OC)c(Cl)c(-c2nc(N3CC(N(C)C)C3)c3cc(N)ncc3n2)c1Cl. The molecule has 1 aromatic carbocycles. The molecule has 0 atom stereocenters. The third-order valence-electron chi connectivity index (χ3n) is 5.27. The van der Waals surface area contributed by atoms with Crippen LogP contribution in [-0.2, 0) is 0 Å². The maximum Gasteiger partial charge on any atom is 0.165 e. The van der Waals surface area contributed by atoms with Crippen LogP contribution >= 0.6 is 23.2 Å². The van der Waals surface area contributed by atoms with E-state index in [9.17, 15) is 0 Å². The molecule has 158 valence electrons. The Labute approximate surface area is 184 Å². The first-order chi connectivity index (χ1) is 14.3. The molecule has 10 heteroatoms. The Kier molecular flexibility index (Phi) is 5.48. The number of anilines is 2. The summed E-state index contributed by atoms with van der Waals surface area (Å²) in [6.07, 6.45) is 1.63. The van der Waals surface area contributed by atoms with Crippen LogP contribution in [0.1, 0.15) is 0 Å². The second-order valence-electron chi connectivity index (χ2n) is 7.30. The molecule has 0 amide bonds.